The van der Waals surface area contributed by atoms with Gasteiger partial charge in [-0.2, -0.15) is 0 Å². The van der Waals surface area contributed by atoms with Crippen molar-refractivity contribution >= 4 is 13.7 Å². The van der Waals surface area contributed by atoms with Gasteiger partial charge in [-0.3, -0.25) is 9.36 Å². The van der Waals surface area contributed by atoms with E-state index >= 15 is 0 Å². The van der Waals surface area contributed by atoms with Crippen LogP contribution in [-0.2, 0) is 18.4 Å². The minimum Gasteiger partial charge on any atom is -0.756 e. The third-order valence-corrected chi connectivity index (χ3v) is 12.3. The standard InChI is InChI=1S/C47H97N2O6P/c1-6-8-10-12-14-15-16-17-18-19-20-21-22-23-24-25-26-27-28-29-30-31-32-33-35-36-38-40-46(50)45(44-55-56(52,53)54-43-42-49(3,4)5)48-47(51)41-39-37-34-13-11-9-7-2/h45-46,50H,6-44H2,1-5H3,(H-,48,51,52,53). The molecule has 0 radical (unpaired) electrons. The highest BCUT2D eigenvalue weighted by molar-refractivity contribution is 7.45. The van der Waals surface area contributed by atoms with E-state index < -0.39 is 20.0 Å². The van der Waals surface area contributed by atoms with E-state index in [9.17, 15) is 19.4 Å². The first-order chi connectivity index (χ1) is 27.0. The molecule has 56 heavy (non-hydrogen) atoms. The molecule has 0 fully saturated rings. The van der Waals surface area contributed by atoms with Crippen LogP contribution in [0.15, 0.2) is 0 Å². The lowest BCUT2D eigenvalue weighted by atomic mass is 10.0. The second kappa shape index (κ2) is 39.9. The molecule has 0 saturated heterocycles. The quantitative estimate of drug-likeness (QED) is 0.0360. The van der Waals surface area contributed by atoms with Crippen LogP contribution in [0.25, 0.3) is 0 Å². The average Bonchev–Trinajstić information content (AvgIpc) is 3.15. The maximum absolute atomic E-state index is 12.7. The molecule has 0 heterocycles. The van der Waals surface area contributed by atoms with Crippen molar-refractivity contribution in [1.82, 2.24) is 5.32 Å². The summed E-state index contributed by atoms with van der Waals surface area (Å²) in [5.41, 5.74) is 0. The van der Waals surface area contributed by atoms with Gasteiger partial charge in [0.1, 0.15) is 13.2 Å². The Hall–Kier alpha value is -0.500. The van der Waals surface area contributed by atoms with Gasteiger partial charge >= 0.3 is 0 Å². The zero-order chi connectivity index (χ0) is 41.4. The van der Waals surface area contributed by atoms with Crippen molar-refractivity contribution < 1.29 is 32.9 Å². The van der Waals surface area contributed by atoms with Crippen LogP contribution in [0, 0.1) is 0 Å². The summed E-state index contributed by atoms with van der Waals surface area (Å²) < 4.78 is 23.2. The minimum atomic E-state index is -4.55. The predicted octanol–water partition coefficient (Wildman–Crippen LogP) is 13.1. The number of nitrogens with zero attached hydrogens (tertiary/aromatic N) is 1. The number of aliphatic hydroxyl groups excluding tert-OH is 1. The summed E-state index contributed by atoms with van der Waals surface area (Å²) in [7, 11) is 1.32. The van der Waals surface area contributed by atoms with Crippen molar-refractivity contribution in [3.05, 3.63) is 0 Å². The number of phosphoric acid groups is 1. The number of likely N-dealkylation sites (N-methyl/N-ethyl adjacent to an activating group) is 1. The third kappa shape index (κ3) is 41.7. The molecule has 0 aliphatic heterocycles. The molecule has 9 heteroatoms. The van der Waals surface area contributed by atoms with Crippen LogP contribution in [0.2, 0.25) is 0 Å². The summed E-state index contributed by atoms with van der Waals surface area (Å²) in [4.78, 5) is 25.2. The molecule has 336 valence electrons. The van der Waals surface area contributed by atoms with E-state index in [4.69, 9.17) is 9.05 Å². The minimum absolute atomic E-state index is 0.0156. The van der Waals surface area contributed by atoms with Gasteiger partial charge in [0, 0.05) is 6.42 Å². The van der Waals surface area contributed by atoms with Crippen LogP contribution in [0.4, 0.5) is 0 Å². The van der Waals surface area contributed by atoms with Gasteiger partial charge in [-0.25, -0.2) is 0 Å². The lowest BCUT2D eigenvalue weighted by Crippen LogP contribution is -2.46. The topological polar surface area (TPSA) is 108 Å². The second-order valence-corrected chi connectivity index (χ2v) is 19.6. The number of unbranched alkanes of at least 4 members (excludes halogenated alkanes) is 32. The Balaban J connectivity index is 3.97. The fourth-order valence-corrected chi connectivity index (χ4v) is 8.18. The first kappa shape index (κ1) is 55.5. The Morgan fingerprint density at radius 3 is 1.21 bits per heavy atom. The van der Waals surface area contributed by atoms with Crippen LogP contribution in [0.1, 0.15) is 245 Å². The Morgan fingerprint density at radius 1 is 0.554 bits per heavy atom. The van der Waals surface area contributed by atoms with Gasteiger partial charge in [-0.05, 0) is 12.8 Å². The maximum atomic E-state index is 12.7. The molecule has 0 aliphatic rings. The normalized spacial score (nSPS) is 14.2. The Morgan fingerprint density at radius 2 is 0.875 bits per heavy atom. The van der Waals surface area contributed by atoms with Gasteiger partial charge in [0.25, 0.3) is 7.82 Å². The van der Waals surface area contributed by atoms with E-state index in [1.54, 1.807) is 0 Å². The summed E-state index contributed by atoms with van der Waals surface area (Å²) in [6.07, 6.45) is 44.4. The van der Waals surface area contributed by atoms with E-state index in [0.29, 0.717) is 23.9 Å². The van der Waals surface area contributed by atoms with Crippen LogP contribution >= 0.6 is 7.82 Å². The molecule has 2 N–H and O–H groups in total. The average molecular weight is 817 g/mol. The monoisotopic (exact) mass is 817 g/mol. The van der Waals surface area contributed by atoms with Crippen LogP contribution < -0.4 is 10.2 Å². The van der Waals surface area contributed by atoms with Crippen molar-refractivity contribution in [3.63, 3.8) is 0 Å². The summed E-state index contributed by atoms with van der Waals surface area (Å²) in [6.45, 7) is 4.70. The Kier molecular flexibility index (Phi) is 39.6. The number of carbonyl (C=O) groups excluding carboxylic acids is 1. The molecule has 8 nitrogen and oxygen atoms in total. The molecule has 0 bridgehead atoms. The van der Waals surface area contributed by atoms with E-state index in [2.05, 4.69) is 19.2 Å². The zero-order valence-corrected chi connectivity index (χ0v) is 39.0. The van der Waals surface area contributed by atoms with Crippen molar-refractivity contribution in [2.45, 2.75) is 257 Å². The number of hydrogen-bond donors (Lipinski definition) is 2. The van der Waals surface area contributed by atoms with Gasteiger partial charge in [0.2, 0.25) is 5.91 Å². The number of phosphoric ester groups is 1. The molecular weight excluding hydrogens is 719 g/mol. The molecule has 0 spiro atoms. The predicted molar refractivity (Wildman–Crippen MR) is 238 cm³/mol. The number of amides is 1. The molecule has 0 aromatic heterocycles. The lowest BCUT2D eigenvalue weighted by Gasteiger charge is -2.30. The highest BCUT2D eigenvalue weighted by Crippen LogP contribution is 2.38. The van der Waals surface area contributed by atoms with Crippen molar-refractivity contribution in [2.24, 2.45) is 0 Å². The number of rotatable bonds is 45. The van der Waals surface area contributed by atoms with Gasteiger partial charge < -0.3 is 28.8 Å². The van der Waals surface area contributed by atoms with E-state index in [1.165, 1.54) is 180 Å². The summed E-state index contributed by atoms with van der Waals surface area (Å²) in [6, 6.07) is -0.791. The van der Waals surface area contributed by atoms with E-state index in [-0.39, 0.29) is 19.1 Å². The molecule has 0 saturated carbocycles. The fourth-order valence-electron chi connectivity index (χ4n) is 7.45. The highest BCUT2D eigenvalue weighted by Gasteiger charge is 2.24. The first-order valence-electron chi connectivity index (χ1n) is 24.4. The SMILES string of the molecule is CCCCCCCCCCCCCCCCCCCCCCCCCCCCCC(O)C(COP(=O)([O-])OCC[N+](C)(C)C)NC(=O)CCCCCCCCC. The number of hydrogen-bond acceptors (Lipinski definition) is 6. The fraction of sp³-hybridized carbons (Fsp3) is 0.979. The molecule has 3 atom stereocenters. The third-order valence-electron chi connectivity index (χ3n) is 11.3. The lowest BCUT2D eigenvalue weighted by molar-refractivity contribution is -0.870. The number of quaternary nitrogens is 1. The van der Waals surface area contributed by atoms with E-state index in [1.807, 2.05) is 21.1 Å². The molecular formula is C47H97N2O6P. The van der Waals surface area contributed by atoms with Crippen LogP contribution in [0.3, 0.4) is 0 Å². The van der Waals surface area contributed by atoms with Gasteiger partial charge in [-0.1, -0.05) is 226 Å². The van der Waals surface area contributed by atoms with Gasteiger partial charge in [0.15, 0.2) is 0 Å². The van der Waals surface area contributed by atoms with E-state index in [0.717, 1.165) is 38.5 Å². The molecule has 3 unspecified atom stereocenters. The van der Waals surface area contributed by atoms with Crippen molar-refractivity contribution in [1.29, 1.82) is 0 Å². The molecule has 0 aliphatic carbocycles. The smallest absolute Gasteiger partial charge is 0.268 e. The second-order valence-electron chi connectivity index (χ2n) is 18.2. The number of aliphatic hydroxyl groups is 1. The number of nitrogens with one attached hydrogen (secondary N) is 1. The maximum Gasteiger partial charge on any atom is 0.268 e. The summed E-state index contributed by atoms with van der Waals surface area (Å²) in [5.74, 6) is -0.168. The highest BCUT2D eigenvalue weighted by atomic mass is 31.2. The summed E-state index contributed by atoms with van der Waals surface area (Å²) >= 11 is 0. The molecule has 0 rings (SSSR count). The molecule has 0 aromatic rings. The Bertz CT molecular complexity index is 885. The van der Waals surface area contributed by atoms with Gasteiger partial charge in [-0.15, -0.1) is 0 Å². The van der Waals surface area contributed by atoms with Crippen molar-refractivity contribution in [2.75, 3.05) is 40.9 Å². The molecule has 0 aromatic carbocycles. The zero-order valence-electron chi connectivity index (χ0n) is 38.1. The van der Waals surface area contributed by atoms with Gasteiger partial charge in [0.05, 0.1) is 39.9 Å². The van der Waals surface area contributed by atoms with Crippen molar-refractivity contribution in [3.8, 4) is 0 Å². The van der Waals surface area contributed by atoms with Crippen LogP contribution in [0.5, 0.6) is 0 Å². The summed E-state index contributed by atoms with van der Waals surface area (Å²) in [5, 5.41) is 13.9. The first-order valence-corrected chi connectivity index (χ1v) is 25.8. The van der Waals surface area contributed by atoms with Crippen LogP contribution in [-0.4, -0.2) is 68.5 Å². The number of carbonyl (C=O) groups is 1. The Labute approximate surface area is 349 Å². The largest absolute Gasteiger partial charge is 0.756 e. The molecule has 1 amide bonds.